The Labute approximate surface area is 235 Å². The molecule has 1 atom stereocenters. The first kappa shape index (κ1) is 30.0. The lowest BCUT2D eigenvalue weighted by molar-refractivity contribution is -0.141. The number of rotatable bonds is 8. The average Bonchev–Trinajstić information content (AvgIpc) is 3.31. The smallest absolute Gasteiger partial charge is 0.408 e. The fourth-order valence-electron chi connectivity index (χ4n) is 4.92. The molecule has 3 amide bonds. The number of benzene rings is 2. The number of aromatic amines is 1. The first-order chi connectivity index (χ1) is 18.1. The zero-order valence-electron chi connectivity index (χ0n) is 22.7. The molecule has 1 aromatic heterocycles. The lowest BCUT2D eigenvalue weighted by Crippen LogP contribution is -2.58. The SMILES string of the molecule is CCNC(=O)OC1(c2ccccc2)CCN(C(=O)[C@@H](Cc2c[nH]c3ccccc23)NC(=O)C(C)(C)N)CC1.Cl. The van der Waals surface area contributed by atoms with Crippen LogP contribution >= 0.6 is 12.4 Å². The summed E-state index contributed by atoms with van der Waals surface area (Å²) in [6.07, 6.45) is 2.60. The summed E-state index contributed by atoms with van der Waals surface area (Å²) in [7, 11) is 0. The van der Waals surface area contributed by atoms with Crippen LogP contribution in [0.3, 0.4) is 0 Å². The van der Waals surface area contributed by atoms with Gasteiger partial charge in [0.25, 0.3) is 0 Å². The molecular weight excluding hydrogens is 518 g/mol. The zero-order chi connectivity index (χ0) is 27.3. The molecule has 2 heterocycles. The van der Waals surface area contributed by atoms with Gasteiger partial charge in [-0.25, -0.2) is 4.79 Å². The molecule has 0 saturated carbocycles. The van der Waals surface area contributed by atoms with Crippen LogP contribution in [0.4, 0.5) is 4.79 Å². The Kier molecular flexibility index (Phi) is 9.63. The molecule has 1 fully saturated rings. The second kappa shape index (κ2) is 12.5. The number of piperidine rings is 1. The van der Waals surface area contributed by atoms with Crippen LogP contribution in [-0.4, -0.2) is 59.0 Å². The number of fused-ring (bicyclic) bond motifs is 1. The molecule has 39 heavy (non-hydrogen) atoms. The summed E-state index contributed by atoms with van der Waals surface area (Å²) in [5, 5.41) is 6.61. The topological polar surface area (TPSA) is 130 Å². The van der Waals surface area contributed by atoms with Crippen molar-refractivity contribution < 1.29 is 19.1 Å². The van der Waals surface area contributed by atoms with Gasteiger partial charge in [0, 0.05) is 56.0 Å². The molecule has 1 aliphatic rings. The summed E-state index contributed by atoms with van der Waals surface area (Å²) in [4.78, 5) is 44.1. The van der Waals surface area contributed by atoms with Gasteiger partial charge in [-0.1, -0.05) is 48.5 Å². The van der Waals surface area contributed by atoms with E-state index in [4.69, 9.17) is 10.5 Å². The van der Waals surface area contributed by atoms with E-state index in [0.29, 0.717) is 38.9 Å². The van der Waals surface area contributed by atoms with Crippen molar-refractivity contribution in [1.82, 2.24) is 20.5 Å². The molecule has 9 nitrogen and oxygen atoms in total. The van der Waals surface area contributed by atoms with Crippen LogP contribution in [0.5, 0.6) is 0 Å². The van der Waals surface area contributed by atoms with Gasteiger partial charge in [-0.15, -0.1) is 12.4 Å². The Hall–Kier alpha value is -3.56. The number of nitrogens with zero attached hydrogens (tertiary/aromatic N) is 1. The molecule has 0 bridgehead atoms. The number of aromatic nitrogens is 1. The summed E-state index contributed by atoms with van der Waals surface area (Å²) in [5.74, 6) is -0.585. The highest BCUT2D eigenvalue weighted by Crippen LogP contribution is 2.37. The third-order valence-electron chi connectivity index (χ3n) is 7.08. The molecule has 4 rings (SSSR count). The van der Waals surface area contributed by atoms with Crippen LogP contribution in [0.25, 0.3) is 10.9 Å². The van der Waals surface area contributed by atoms with E-state index in [2.05, 4.69) is 15.6 Å². The minimum atomic E-state index is -1.14. The van der Waals surface area contributed by atoms with Crippen LogP contribution in [0.15, 0.2) is 60.8 Å². The van der Waals surface area contributed by atoms with Gasteiger partial charge in [0.2, 0.25) is 11.8 Å². The largest absolute Gasteiger partial charge is 0.438 e. The second-order valence-electron chi connectivity index (χ2n) is 10.4. The molecule has 10 heteroatoms. The Morgan fingerprint density at radius 3 is 2.36 bits per heavy atom. The standard InChI is InChI=1S/C29H37N5O4.ClH/c1-4-31-27(37)38-29(21-10-6-5-7-11-21)14-16-34(17-15-29)25(35)24(33-26(36)28(2,3)30)18-20-19-32-23-13-9-8-12-22(20)23;/h5-13,19,24,32H,4,14-18,30H2,1-3H3,(H,31,37)(H,33,36);1H/t24-;/m1./s1. The number of carbonyl (C=O) groups excluding carboxylic acids is 3. The summed E-state index contributed by atoms with van der Waals surface area (Å²) in [6.45, 7) is 6.27. The number of hydrogen-bond acceptors (Lipinski definition) is 5. The Morgan fingerprint density at radius 1 is 1.08 bits per heavy atom. The maximum atomic E-state index is 13.8. The van der Waals surface area contributed by atoms with E-state index < -0.39 is 29.2 Å². The van der Waals surface area contributed by atoms with Crippen molar-refractivity contribution in [3.05, 3.63) is 71.9 Å². The third kappa shape index (κ3) is 6.91. The van der Waals surface area contributed by atoms with Crippen molar-refractivity contribution in [1.29, 1.82) is 0 Å². The summed E-state index contributed by atoms with van der Waals surface area (Å²) < 4.78 is 5.96. The van der Waals surface area contributed by atoms with E-state index >= 15 is 0 Å². The molecule has 0 unspecified atom stereocenters. The Balaban J connectivity index is 0.00000420. The number of nitrogens with two attached hydrogens (primary N) is 1. The number of para-hydroxylation sites is 1. The predicted molar refractivity (Wildman–Crippen MR) is 154 cm³/mol. The normalized spacial score (nSPS) is 15.6. The van der Waals surface area contributed by atoms with Crippen LogP contribution < -0.4 is 16.4 Å². The molecule has 5 N–H and O–H groups in total. The van der Waals surface area contributed by atoms with Crippen molar-refractivity contribution in [2.45, 2.75) is 57.2 Å². The monoisotopic (exact) mass is 555 g/mol. The molecule has 0 radical (unpaired) electrons. The summed E-state index contributed by atoms with van der Waals surface area (Å²) in [5.41, 5.74) is 6.86. The molecule has 0 spiro atoms. The highest BCUT2D eigenvalue weighted by Gasteiger charge is 2.42. The number of hydrogen-bond donors (Lipinski definition) is 4. The van der Waals surface area contributed by atoms with Gasteiger partial charge in [0.1, 0.15) is 11.6 Å². The second-order valence-corrected chi connectivity index (χ2v) is 10.4. The first-order valence-corrected chi connectivity index (χ1v) is 13.1. The fourth-order valence-corrected chi connectivity index (χ4v) is 4.92. The number of likely N-dealkylation sites (tertiary alicyclic amines) is 1. The third-order valence-corrected chi connectivity index (χ3v) is 7.08. The van der Waals surface area contributed by atoms with E-state index in [0.717, 1.165) is 22.0 Å². The number of alkyl carbamates (subject to hydrolysis) is 1. The number of halogens is 1. The lowest BCUT2D eigenvalue weighted by Gasteiger charge is -2.42. The van der Waals surface area contributed by atoms with Gasteiger partial charge >= 0.3 is 6.09 Å². The van der Waals surface area contributed by atoms with Crippen molar-refractivity contribution in [2.75, 3.05) is 19.6 Å². The van der Waals surface area contributed by atoms with Crippen molar-refractivity contribution in [3.8, 4) is 0 Å². The lowest BCUT2D eigenvalue weighted by atomic mass is 9.83. The van der Waals surface area contributed by atoms with Crippen LogP contribution in [-0.2, 0) is 26.3 Å². The highest BCUT2D eigenvalue weighted by molar-refractivity contribution is 5.92. The van der Waals surface area contributed by atoms with Crippen LogP contribution in [0.1, 0.15) is 44.7 Å². The predicted octanol–water partition coefficient (Wildman–Crippen LogP) is 3.62. The number of ether oxygens (including phenoxy) is 1. The van der Waals surface area contributed by atoms with Gasteiger partial charge < -0.3 is 31.0 Å². The zero-order valence-corrected chi connectivity index (χ0v) is 23.5. The molecule has 3 aromatic rings. The summed E-state index contributed by atoms with van der Waals surface area (Å²) >= 11 is 0. The maximum Gasteiger partial charge on any atom is 0.408 e. The highest BCUT2D eigenvalue weighted by atomic mass is 35.5. The number of nitrogens with one attached hydrogen (secondary N) is 3. The molecule has 0 aliphatic carbocycles. The Morgan fingerprint density at radius 2 is 1.72 bits per heavy atom. The molecule has 1 saturated heterocycles. The van der Waals surface area contributed by atoms with E-state index in [1.165, 1.54) is 0 Å². The van der Waals surface area contributed by atoms with E-state index in [1.807, 2.05) is 67.7 Å². The van der Waals surface area contributed by atoms with Gasteiger partial charge in [0.05, 0.1) is 5.54 Å². The first-order valence-electron chi connectivity index (χ1n) is 13.1. The van der Waals surface area contributed by atoms with Crippen molar-refractivity contribution in [2.24, 2.45) is 5.73 Å². The van der Waals surface area contributed by atoms with Crippen LogP contribution in [0.2, 0.25) is 0 Å². The van der Waals surface area contributed by atoms with Crippen molar-refractivity contribution in [3.63, 3.8) is 0 Å². The molecule has 2 aromatic carbocycles. The van der Waals surface area contributed by atoms with E-state index in [-0.39, 0.29) is 18.3 Å². The van der Waals surface area contributed by atoms with Gasteiger partial charge in [-0.3, -0.25) is 9.59 Å². The van der Waals surface area contributed by atoms with Gasteiger partial charge in [0.15, 0.2) is 0 Å². The van der Waals surface area contributed by atoms with Crippen LogP contribution in [0, 0.1) is 0 Å². The number of carbonyl (C=O) groups is 3. The van der Waals surface area contributed by atoms with E-state index in [1.54, 1.807) is 18.7 Å². The average molecular weight is 556 g/mol. The summed E-state index contributed by atoms with van der Waals surface area (Å²) in [6, 6.07) is 16.7. The van der Waals surface area contributed by atoms with Gasteiger partial charge in [-0.2, -0.15) is 0 Å². The number of H-pyrrole nitrogens is 1. The maximum absolute atomic E-state index is 13.8. The molecule has 1 aliphatic heterocycles. The minimum absolute atomic E-state index is 0. The van der Waals surface area contributed by atoms with Crippen molar-refractivity contribution >= 4 is 41.2 Å². The fraction of sp³-hybridized carbons (Fsp3) is 0.414. The Bertz CT molecular complexity index is 1280. The van der Waals surface area contributed by atoms with Gasteiger partial charge in [-0.05, 0) is 38.0 Å². The van der Waals surface area contributed by atoms with E-state index in [9.17, 15) is 14.4 Å². The number of amides is 3. The molecular formula is C29H38ClN5O4. The quantitative estimate of drug-likeness (QED) is 0.337. The minimum Gasteiger partial charge on any atom is -0.438 e. The molecule has 210 valence electrons.